The average Bonchev–Trinajstić information content (AvgIpc) is 2.82. The summed E-state index contributed by atoms with van der Waals surface area (Å²) in [7, 11) is 1.66. The second-order valence-electron chi connectivity index (χ2n) is 5.33. The zero-order chi connectivity index (χ0) is 15.2. The van der Waals surface area contributed by atoms with Crippen LogP contribution in [-0.2, 0) is 11.2 Å². The summed E-state index contributed by atoms with van der Waals surface area (Å²) in [6.07, 6.45) is 8.30. The molecule has 2 rings (SSSR count). The van der Waals surface area contributed by atoms with Crippen molar-refractivity contribution in [3.8, 4) is 5.75 Å². The van der Waals surface area contributed by atoms with E-state index < -0.39 is 5.97 Å². The number of carboxylic acid groups (broad SMARTS) is 1. The number of ether oxygens (including phenoxy) is 1. The Bertz CT molecular complexity index is 582. The van der Waals surface area contributed by atoms with Gasteiger partial charge in [-0.15, -0.1) is 0 Å². The van der Waals surface area contributed by atoms with Gasteiger partial charge in [0.25, 0.3) is 0 Å². The SMILES string of the molecule is CCCCCC1=C(/C=C/C(=O)O)Cc2cc(OC)ccc21. The van der Waals surface area contributed by atoms with Crippen LogP contribution >= 0.6 is 0 Å². The number of unbranched alkanes of at least 4 members (excludes halogenated alkanes) is 2. The molecule has 0 unspecified atom stereocenters. The van der Waals surface area contributed by atoms with E-state index in [1.165, 1.54) is 35.6 Å². The van der Waals surface area contributed by atoms with Crippen molar-refractivity contribution in [3.63, 3.8) is 0 Å². The Balaban J connectivity index is 2.29. The van der Waals surface area contributed by atoms with Gasteiger partial charge >= 0.3 is 5.97 Å². The lowest BCUT2D eigenvalue weighted by Crippen LogP contribution is -1.89. The standard InChI is InChI=1S/C18H22O3/c1-3-4-5-6-16-13(7-10-18(19)20)11-14-12-15(21-2)8-9-17(14)16/h7-10,12H,3-6,11H2,1-2H3,(H,19,20)/b10-7+. The van der Waals surface area contributed by atoms with E-state index in [0.29, 0.717) is 0 Å². The van der Waals surface area contributed by atoms with Crippen LogP contribution in [0.1, 0.15) is 43.7 Å². The number of fused-ring (bicyclic) bond motifs is 1. The average molecular weight is 286 g/mol. The Morgan fingerprint density at radius 3 is 2.86 bits per heavy atom. The highest BCUT2D eigenvalue weighted by Crippen LogP contribution is 2.38. The lowest BCUT2D eigenvalue weighted by Gasteiger charge is -2.08. The predicted octanol–water partition coefficient (Wildman–Crippen LogP) is 4.23. The molecular weight excluding hydrogens is 264 g/mol. The molecule has 112 valence electrons. The molecule has 0 heterocycles. The molecule has 0 radical (unpaired) electrons. The maximum atomic E-state index is 10.8. The van der Waals surface area contributed by atoms with Crippen LogP contribution in [0.25, 0.3) is 5.57 Å². The molecule has 0 saturated carbocycles. The number of aliphatic carboxylic acids is 1. The van der Waals surface area contributed by atoms with E-state index in [1.807, 2.05) is 6.07 Å². The Labute approximate surface area is 125 Å². The van der Waals surface area contributed by atoms with Gasteiger partial charge in [0.05, 0.1) is 7.11 Å². The molecule has 0 saturated heterocycles. The third-order valence-electron chi connectivity index (χ3n) is 3.86. The molecule has 0 bridgehead atoms. The fourth-order valence-electron chi connectivity index (χ4n) is 2.80. The Morgan fingerprint density at radius 2 is 2.19 bits per heavy atom. The van der Waals surface area contributed by atoms with Crippen LogP contribution in [0.5, 0.6) is 5.75 Å². The van der Waals surface area contributed by atoms with Gasteiger partial charge in [0.15, 0.2) is 0 Å². The van der Waals surface area contributed by atoms with E-state index >= 15 is 0 Å². The van der Waals surface area contributed by atoms with Gasteiger partial charge in [0, 0.05) is 6.08 Å². The molecule has 21 heavy (non-hydrogen) atoms. The molecule has 1 N–H and O–H groups in total. The number of allylic oxidation sites excluding steroid dienone is 3. The summed E-state index contributed by atoms with van der Waals surface area (Å²) in [5, 5.41) is 8.84. The molecule has 1 aliphatic carbocycles. The molecular formula is C18H22O3. The summed E-state index contributed by atoms with van der Waals surface area (Å²) in [6.45, 7) is 2.19. The fraction of sp³-hybridized carbons (Fsp3) is 0.389. The minimum absolute atomic E-state index is 0.789. The third-order valence-corrected chi connectivity index (χ3v) is 3.86. The van der Waals surface area contributed by atoms with Crippen molar-refractivity contribution < 1.29 is 14.6 Å². The van der Waals surface area contributed by atoms with E-state index in [2.05, 4.69) is 19.1 Å². The zero-order valence-corrected chi connectivity index (χ0v) is 12.7. The first-order chi connectivity index (χ1) is 10.2. The van der Waals surface area contributed by atoms with Gasteiger partial charge in [-0.1, -0.05) is 31.9 Å². The highest BCUT2D eigenvalue weighted by Gasteiger charge is 2.20. The summed E-state index contributed by atoms with van der Waals surface area (Å²) >= 11 is 0. The number of carbonyl (C=O) groups is 1. The van der Waals surface area contributed by atoms with Crippen molar-refractivity contribution in [2.75, 3.05) is 7.11 Å². The van der Waals surface area contributed by atoms with Crippen LogP contribution in [0.15, 0.2) is 35.9 Å². The Morgan fingerprint density at radius 1 is 1.38 bits per heavy atom. The first-order valence-electron chi connectivity index (χ1n) is 7.46. The summed E-state index contributed by atoms with van der Waals surface area (Å²) < 4.78 is 5.28. The number of hydrogen-bond donors (Lipinski definition) is 1. The number of hydrogen-bond acceptors (Lipinski definition) is 2. The lowest BCUT2D eigenvalue weighted by molar-refractivity contribution is -0.131. The molecule has 3 nitrogen and oxygen atoms in total. The van der Waals surface area contributed by atoms with Crippen LogP contribution in [0.4, 0.5) is 0 Å². The smallest absolute Gasteiger partial charge is 0.328 e. The van der Waals surface area contributed by atoms with Gasteiger partial charge in [0.2, 0.25) is 0 Å². The van der Waals surface area contributed by atoms with Crippen molar-refractivity contribution in [1.29, 1.82) is 0 Å². The van der Waals surface area contributed by atoms with Crippen molar-refractivity contribution in [1.82, 2.24) is 0 Å². The minimum atomic E-state index is -0.899. The molecule has 0 spiro atoms. The maximum absolute atomic E-state index is 10.8. The summed E-state index contributed by atoms with van der Waals surface area (Å²) in [5.74, 6) is -0.0472. The van der Waals surface area contributed by atoms with E-state index in [4.69, 9.17) is 9.84 Å². The summed E-state index contributed by atoms with van der Waals surface area (Å²) in [4.78, 5) is 10.8. The normalized spacial score (nSPS) is 13.8. The van der Waals surface area contributed by atoms with Crippen molar-refractivity contribution in [2.45, 2.75) is 39.0 Å². The number of benzene rings is 1. The zero-order valence-electron chi connectivity index (χ0n) is 12.7. The highest BCUT2D eigenvalue weighted by atomic mass is 16.5. The molecule has 1 aliphatic rings. The van der Waals surface area contributed by atoms with E-state index in [0.717, 1.165) is 30.6 Å². The largest absolute Gasteiger partial charge is 0.497 e. The van der Waals surface area contributed by atoms with Crippen molar-refractivity contribution in [3.05, 3.63) is 47.1 Å². The molecule has 1 aromatic rings. The molecule has 0 amide bonds. The van der Waals surface area contributed by atoms with Gasteiger partial charge in [0.1, 0.15) is 5.75 Å². The van der Waals surface area contributed by atoms with E-state index in [-0.39, 0.29) is 0 Å². The van der Waals surface area contributed by atoms with Gasteiger partial charge in [-0.05, 0) is 53.7 Å². The predicted molar refractivity (Wildman–Crippen MR) is 84.5 cm³/mol. The van der Waals surface area contributed by atoms with E-state index in [9.17, 15) is 4.79 Å². The molecule has 0 fully saturated rings. The van der Waals surface area contributed by atoms with Crippen LogP contribution < -0.4 is 4.74 Å². The van der Waals surface area contributed by atoms with Gasteiger partial charge in [-0.25, -0.2) is 4.79 Å². The first-order valence-corrected chi connectivity index (χ1v) is 7.46. The first kappa shape index (κ1) is 15.4. The second kappa shape index (κ2) is 7.11. The molecule has 1 aromatic carbocycles. The highest BCUT2D eigenvalue weighted by molar-refractivity contribution is 5.84. The Hall–Kier alpha value is -2.03. The van der Waals surface area contributed by atoms with Gasteiger partial charge < -0.3 is 9.84 Å². The fourth-order valence-corrected chi connectivity index (χ4v) is 2.80. The maximum Gasteiger partial charge on any atom is 0.328 e. The van der Waals surface area contributed by atoms with Crippen LogP contribution in [0.3, 0.4) is 0 Å². The van der Waals surface area contributed by atoms with Gasteiger partial charge in [-0.2, -0.15) is 0 Å². The Kier molecular flexibility index (Phi) is 5.20. The summed E-state index contributed by atoms with van der Waals surface area (Å²) in [6, 6.07) is 6.12. The quantitative estimate of drug-likeness (QED) is 0.603. The third kappa shape index (κ3) is 3.75. The van der Waals surface area contributed by atoms with Crippen molar-refractivity contribution in [2.24, 2.45) is 0 Å². The lowest BCUT2D eigenvalue weighted by atomic mass is 9.99. The minimum Gasteiger partial charge on any atom is -0.497 e. The van der Waals surface area contributed by atoms with Crippen molar-refractivity contribution >= 4 is 11.5 Å². The molecule has 3 heteroatoms. The van der Waals surface area contributed by atoms with E-state index in [1.54, 1.807) is 13.2 Å². The number of carboxylic acids is 1. The number of rotatable bonds is 7. The van der Waals surface area contributed by atoms with Gasteiger partial charge in [-0.3, -0.25) is 0 Å². The van der Waals surface area contributed by atoms with Crippen LogP contribution in [-0.4, -0.2) is 18.2 Å². The van der Waals surface area contributed by atoms with Crippen LogP contribution in [0.2, 0.25) is 0 Å². The number of methoxy groups -OCH3 is 1. The summed E-state index contributed by atoms with van der Waals surface area (Å²) in [5.41, 5.74) is 4.89. The molecule has 0 atom stereocenters. The van der Waals surface area contributed by atoms with Crippen LogP contribution in [0, 0.1) is 0 Å². The molecule has 0 aromatic heterocycles. The molecule has 0 aliphatic heterocycles. The second-order valence-corrected chi connectivity index (χ2v) is 5.33. The topological polar surface area (TPSA) is 46.5 Å². The monoisotopic (exact) mass is 286 g/mol.